The van der Waals surface area contributed by atoms with Gasteiger partial charge in [0.25, 0.3) is 0 Å². The smallest absolute Gasteiger partial charge is 0.228 e. The molecule has 0 aliphatic carbocycles. The lowest BCUT2D eigenvalue weighted by atomic mass is 10.2. The zero-order valence-corrected chi connectivity index (χ0v) is 9.27. The summed E-state index contributed by atoms with van der Waals surface area (Å²) in [6.45, 7) is 1.77. The quantitative estimate of drug-likeness (QED) is 0.797. The van der Waals surface area contributed by atoms with Crippen LogP contribution in [0.15, 0.2) is 24.3 Å². The number of alkyl halides is 1. The SMILES string of the molecule is CC(CCl)C(=O)Nc1cccc(Cl)c1. The van der Waals surface area contributed by atoms with Gasteiger partial charge >= 0.3 is 0 Å². The molecule has 0 heterocycles. The van der Waals surface area contributed by atoms with E-state index in [-0.39, 0.29) is 11.8 Å². The standard InChI is InChI=1S/C10H11Cl2NO/c1-7(6-11)10(14)13-9-4-2-3-8(12)5-9/h2-5,7H,6H2,1H3,(H,13,14). The molecule has 1 amide bonds. The molecule has 1 aromatic carbocycles. The molecule has 0 bridgehead atoms. The number of carbonyl (C=O) groups is 1. The van der Waals surface area contributed by atoms with Gasteiger partial charge in [-0.15, -0.1) is 11.6 Å². The van der Waals surface area contributed by atoms with Crippen LogP contribution in [0.3, 0.4) is 0 Å². The Morgan fingerprint density at radius 2 is 2.29 bits per heavy atom. The van der Waals surface area contributed by atoms with E-state index in [0.29, 0.717) is 16.6 Å². The summed E-state index contributed by atoms with van der Waals surface area (Å²) in [5, 5.41) is 3.32. The summed E-state index contributed by atoms with van der Waals surface area (Å²) in [7, 11) is 0. The minimum absolute atomic E-state index is 0.0951. The van der Waals surface area contributed by atoms with Crippen molar-refractivity contribution >= 4 is 34.8 Å². The summed E-state index contributed by atoms with van der Waals surface area (Å²) >= 11 is 11.3. The number of amides is 1. The molecule has 0 aromatic heterocycles. The average Bonchev–Trinajstić information content (AvgIpc) is 2.16. The Balaban J connectivity index is 2.65. The Bertz CT molecular complexity index is 328. The zero-order valence-electron chi connectivity index (χ0n) is 7.76. The Morgan fingerprint density at radius 3 is 2.86 bits per heavy atom. The van der Waals surface area contributed by atoms with Crippen LogP contribution < -0.4 is 5.32 Å². The molecule has 0 aliphatic rings. The van der Waals surface area contributed by atoms with E-state index >= 15 is 0 Å². The highest BCUT2D eigenvalue weighted by Gasteiger charge is 2.11. The van der Waals surface area contributed by atoms with Gasteiger partial charge in [-0.1, -0.05) is 24.6 Å². The second-order valence-corrected chi connectivity index (χ2v) is 3.80. The summed E-state index contributed by atoms with van der Waals surface area (Å²) in [6.07, 6.45) is 0. The Morgan fingerprint density at radius 1 is 1.57 bits per heavy atom. The first-order chi connectivity index (χ1) is 6.63. The summed E-state index contributed by atoms with van der Waals surface area (Å²) in [6, 6.07) is 7.01. The van der Waals surface area contributed by atoms with E-state index in [1.54, 1.807) is 31.2 Å². The van der Waals surface area contributed by atoms with Crippen molar-refractivity contribution in [1.82, 2.24) is 0 Å². The number of anilines is 1. The summed E-state index contributed by atoms with van der Waals surface area (Å²) in [4.78, 5) is 11.4. The lowest BCUT2D eigenvalue weighted by Crippen LogP contribution is -2.21. The van der Waals surface area contributed by atoms with Gasteiger partial charge in [0.1, 0.15) is 0 Å². The van der Waals surface area contributed by atoms with Crippen molar-refractivity contribution in [3.8, 4) is 0 Å². The second-order valence-electron chi connectivity index (χ2n) is 3.05. The fourth-order valence-corrected chi connectivity index (χ4v) is 1.23. The third-order valence-corrected chi connectivity index (χ3v) is 2.47. The number of hydrogen-bond acceptors (Lipinski definition) is 1. The van der Waals surface area contributed by atoms with Crippen LogP contribution in [0.4, 0.5) is 5.69 Å². The van der Waals surface area contributed by atoms with Gasteiger partial charge in [-0.2, -0.15) is 0 Å². The van der Waals surface area contributed by atoms with E-state index in [9.17, 15) is 4.79 Å². The average molecular weight is 232 g/mol. The first-order valence-electron chi connectivity index (χ1n) is 4.26. The van der Waals surface area contributed by atoms with Gasteiger partial charge in [0, 0.05) is 22.5 Å². The first-order valence-corrected chi connectivity index (χ1v) is 5.17. The second kappa shape index (κ2) is 5.23. The van der Waals surface area contributed by atoms with Gasteiger partial charge in [-0.3, -0.25) is 4.79 Å². The largest absolute Gasteiger partial charge is 0.326 e. The molecule has 0 radical (unpaired) electrons. The van der Waals surface area contributed by atoms with Crippen LogP contribution in [0.2, 0.25) is 5.02 Å². The molecule has 0 saturated heterocycles. The number of nitrogens with one attached hydrogen (secondary N) is 1. The van der Waals surface area contributed by atoms with Crippen LogP contribution >= 0.6 is 23.2 Å². The topological polar surface area (TPSA) is 29.1 Å². The highest BCUT2D eigenvalue weighted by Crippen LogP contribution is 2.15. The van der Waals surface area contributed by atoms with Gasteiger partial charge in [0.2, 0.25) is 5.91 Å². The molecule has 1 rings (SSSR count). The van der Waals surface area contributed by atoms with Crippen molar-refractivity contribution in [2.45, 2.75) is 6.92 Å². The van der Waals surface area contributed by atoms with Crippen molar-refractivity contribution in [2.75, 3.05) is 11.2 Å². The van der Waals surface area contributed by atoms with Crippen LogP contribution in [0.25, 0.3) is 0 Å². The maximum atomic E-state index is 11.4. The molecular weight excluding hydrogens is 221 g/mol. The van der Waals surface area contributed by atoms with Gasteiger partial charge < -0.3 is 5.32 Å². The third-order valence-electron chi connectivity index (χ3n) is 1.77. The van der Waals surface area contributed by atoms with E-state index in [1.165, 1.54) is 0 Å². The maximum absolute atomic E-state index is 11.4. The predicted molar refractivity (Wildman–Crippen MR) is 60.0 cm³/mol. The Labute approximate surface area is 93.2 Å². The normalized spacial score (nSPS) is 12.2. The fourth-order valence-electron chi connectivity index (χ4n) is 0.902. The molecule has 0 fully saturated rings. The van der Waals surface area contributed by atoms with Crippen LogP contribution in [0.5, 0.6) is 0 Å². The van der Waals surface area contributed by atoms with Crippen LogP contribution in [-0.2, 0) is 4.79 Å². The van der Waals surface area contributed by atoms with E-state index in [1.807, 2.05) is 0 Å². The van der Waals surface area contributed by atoms with Crippen molar-refractivity contribution in [3.05, 3.63) is 29.3 Å². The first kappa shape index (κ1) is 11.3. The Kier molecular flexibility index (Phi) is 4.23. The molecule has 4 heteroatoms. The van der Waals surface area contributed by atoms with Gasteiger partial charge in [-0.05, 0) is 18.2 Å². The molecular formula is C10H11Cl2NO. The van der Waals surface area contributed by atoms with E-state index in [2.05, 4.69) is 5.32 Å². The zero-order chi connectivity index (χ0) is 10.6. The van der Waals surface area contributed by atoms with E-state index in [0.717, 1.165) is 0 Å². The fraction of sp³-hybridized carbons (Fsp3) is 0.300. The molecule has 0 aliphatic heterocycles. The molecule has 14 heavy (non-hydrogen) atoms. The Hall–Kier alpha value is -0.730. The summed E-state index contributed by atoms with van der Waals surface area (Å²) in [5.74, 6) is 0.0183. The number of rotatable bonds is 3. The van der Waals surface area contributed by atoms with Gasteiger partial charge in [0.05, 0.1) is 0 Å². The summed E-state index contributed by atoms with van der Waals surface area (Å²) < 4.78 is 0. The molecule has 1 N–H and O–H groups in total. The molecule has 1 atom stereocenters. The molecule has 76 valence electrons. The van der Waals surface area contributed by atoms with Crippen molar-refractivity contribution in [1.29, 1.82) is 0 Å². The van der Waals surface area contributed by atoms with Crippen LogP contribution in [-0.4, -0.2) is 11.8 Å². The minimum atomic E-state index is -0.198. The van der Waals surface area contributed by atoms with Crippen LogP contribution in [0.1, 0.15) is 6.92 Å². The molecule has 1 aromatic rings. The van der Waals surface area contributed by atoms with Crippen molar-refractivity contribution in [3.63, 3.8) is 0 Å². The number of hydrogen-bond donors (Lipinski definition) is 1. The maximum Gasteiger partial charge on any atom is 0.228 e. The summed E-state index contributed by atoms with van der Waals surface area (Å²) in [5.41, 5.74) is 0.694. The number of carbonyl (C=O) groups excluding carboxylic acids is 1. The lowest BCUT2D eigenvalue weighted by Gasteiger charge is -2.08. The molecule has 0 saturated carbocycles. The molecule has 2 nitrogen and oxygen atoms in total. The van der Waals surface area contributed by atoms with Gasteiger partial charge in [-0.25, -0.2) is 0 Å². The predicted octanol–water partition coefficient (Wildman–Crippen LogP) is 3.15. The number of halogens is 2. The highest BCUT2D eigenvalue weighted by atomic mass is 35.5. The monoisotopic (exact) mass is 231 g/mol. The molecule has 0 spiro atoms. The van der Waals surface area contributed by atoms with E-state index in [4.69, 9.17) is 23.2 Å². The molecule has 1 unspecified atom stereocenters. The lowest BCUT2D eigenvalue weighted by molar-refractivity contribution is -0.118. The number of benzene rings is 1. The van der Waals surface area contributed by atoms with Crippen molar-refractivity contribution < 1.29 is 4.79 Å². The van der Waals surface area contributed by atoms with E-state index < -0.39 is 0 Å². The minimum Gasteiger partial charge on any atom is -0.326 e. The third kappa shape index (κ3) is 3.20. The van der Waals surface area contributed by atoms with Crippen molar-refractivity contribution in [2.24, 2.45) is 5.92 Å². The van der Waals surface area contributed by atoms with Gasteiger partial charge in [0.15, 0.2) is 0 Å². The highest BCUT2D eigenvalue weighted by molar-refractivity contribution is 6.30. The van der Waals surface area contributed by atoms with Crippen LogP contribution in [0, 0.1) is 5.92 Å².